The zero-order valence-electron chi connectivity index (χ0n) is 12.4. The highest BCUT2D eigenvalue weighted by atomic mass is 19.1. The molecule has 21 heavy (non-hydrogen) atoms. The van der Waals surface area contributed by atoms with Crippen molar-refractivity contribution in [3.63, 3.8) is 0 Å². The predicted molar refractivity (Wildman–Crippen MR) is 80.9 cm³/mol. The summed E-state index contributed by atoms with van der Waals surface area (Å²) in [5.74, 6) is 0.255. The van der Waals surface area contributed by atoms with Crippen LogP contribution in [0.15, 0.2) is 18.3 Å². The molecular weight excluding hydrogens is 269 g/mol. The first kappa shape index (κ1) is 14.3. The van der Waals surface area contributed by atoms with Crippen LogP contribution in [0.1, 0.15) is 32.6 Å². The van der Waals surface area contributed by atoms with Crippen molar-refractivity contribution in [1.29, 1.82) is 0 Å². The lowest BCUT2D eigenvalue weighted by molar-refractivity contribution is 0.160. The van der Waals surface area contributed by atoms with Crippen LogP contribution in [0, 0.1) is 5.82 Å². The number of hydrogen-bond donors (Lipinski definition) is 1. The highest BCUT2D eigenvalue weighted by Gasteiger charge is 2.17. The first-order chi connectivity index (χ1) is 10.2. The van der Waals surface area contributed by atoms with Crippen LogP contribution in [-0.4, -0.2) is 45.2 Å². The van der Waals surface area contributed by atoms with Crippen molar-refractivity contribution in [2.24, 2.45) is 0 Å². The standard InChI is InChI=1S/C15H22FN5/c1-12-5-2-3-9-20(12)10-4-8-17-15-18-14-7-6-13(16)11-21(14)19-15/h6-7,11-12H,2-5,8-10H2,1H3,(H,17,19). The number of rotatable bonds is 5. The van der Waals surface area contributed by atoms with Gasteiger partial charge in [-0.15, -0.1) is 5.10 Å². The normalized spacial score (nSPS) is 20.0. The van der Waals surface area contributed by atoms with Crippen LogP contribution >= 0.6 is 0 Å². The Bertz CT molecular complexity index is 597. The van der Waals surface area contributed by atoms with Crippen molar-refractivity contribution in [2.75, 3.05) is 25.0 Å². The van der Waals surface area contributed by atoms with Gasteiger partial charge in [-0.25, -0.2) is 8.91 Å². The summed E-state index contributed by atoms with van der Waals surface area (Å²) < 4.78 is 14.5. The van der Waals surface area contributed by atoms with Crippen LogP contribution in [0.25, 0.3) is 5.65 Å². The summed E-state index contributed by atoms with van der Waals surface area (Å²) in [6.45, 7) is 5.47. The van der Waals surface area contributed by atoms with E-state index in [-0.39, 0.29) is 5.82 Å². The molecule has 1 N–H and O–H groups in total. The summed E-state index contributed by atoms with van der Waals surface area (Å²) in [5.41, 5.74) is 0.656. The Hall–Kier alpha value is -1.69. The van der Waals surface area contributed by atoms with Crippen LogP contribution in [0.4, 0.5) is 10.3 Å². The molecule has 1 atom stereocenters. The van der Waals surface area contributed by atoms with E-state index in [0.717, 1.165) is 19.5 Å². The Morgan fingerprint density at radius 2 is 2.29 bits per heavy atom. The van der Waals surface area contributed by atoms with Crippen molar-refractivity contribution < 1.29 is 4.39 Å². The monoisotopic (exact) mass is 291 g/mol. The van der Waals surface area contributed by atoms with Crippen molar-refractivity contribution in [1.82, 2.24) is 19.5 Å². The summed E-state index contributed by atoms with van der Waals surface area (Å²) in [6.07, 6.45) is 6.39. The number of nitrogens with zero attached hydrogens (tertiary/aromatic N) is 4. The second kappa shape index (κ2) is 6.39. The molecule has 0 aliphatic carbocycles. The van der Waals surface area contributed by atoms with Crippen molar-refractivity contribution >= 4 is 11.6 Å². The molecule has 0 amide bonds. The third-order valence-electron chi connectivity index (χ3n) is 4.14. The molecule has 5 nitrogen and oxygen atoms in total. The van der Waals surface area contributed by atoms with Crippen molar-refractivity contribution in [3.8, 4) is 0 Å². The maximum Gasteiger partial charge on any atom is 0.243 e. The fraction of sp³-hybridized carbons (Fsp3) is 0.600. The Labute approximate surface area is 124 Å². The van der Waals surface area contributed by atoms with Crippen molar-refractivity contribution in [2.45, 2.75) is 38.6 Å². The quantitative estimate of drug-likeness (QED) is 0.860. The molecule has 0 bridgehead atoms. The van der Waals surface area contributed by atoms with E-state index < -0.39 is 0 Å². The fourth-order valence-electron chi connectivity index (χ4n) is 2.91. The molecule has 114 valence electrons. The number of nitrogens with one attached hydrogen (secondary N) is 1. The third kappa shape index (κ3) is 3.50. The Balaban J connectivity index is 1.48. The molecule has 0 saturated carbocycles. The average Bonchev–Trinajstić information content (AvgIpc) is 2.87. The van der Waals surface area contributed by atoms with E-state index in [1.54, 1.807) is 6.07 Å². The number of halogens is 1. The highest BCUT2D eigenvalue weighted by Crippen LogP contribution is 2.16. The minimum absolute atomic E-state index is 0.307. The van der Waals surface area contributed by atoms with E-state index in [1.807, 2.05) is 0 Å². The zero-order valence-corrected chi connectivity index (χ0v) is 12.4. The number of aromatic nitrogens is 3. The highest BCUT2D eigenvalue weighted by molar-refractivity contribution is 5.42. The first-order valence-corrected chi connectivity index (χ1v) is 7.72. The molecule has 0 aromatic carbocycles. The van der Waals surface area contributed by atoms with E-state index in [4.69, 9.17) is 0 Å². The Morgan fingerprint density at radius 1 is 1.38 bits per heavy atom. The molecule has 2 aromatic rings. The van der Waals surface area contributed by atoms with Gasteiger partial charge in [-0.3, -0.25) is 0 Å². The first-order valence-electron chi connectivity index (χ1n) is 7.72. The molecule has 3 heterocycles. The molecule has 1 saturated heterocycles. The van der Waals surface area contributed by atoms with Crippen LogP contribution in [0.5, 0.6) is 0 Å². The van der Waals surface area contributed by atoms with Crippen LogP contribution in [0.2, 0.25) is 0 Å². The SMILES string of the molecule is CC1CCCCN1CCCNc1nc2ccc(F)cn2n1. The van der Waals surface area contributed by atoms with Crippen LogP contribution in [-0.2, 0) is 0 Å². The number of anilines is 1. The van der Waals surface area contributed by atoms with Gasteiger partial charge in [-0.1, -0.05) is 6.42 Å². The van der Waals surface area contributed by atoms with Gasteiger partial charge in [-0.05, 0) is 44.9 Å². The van der Waals surface area contributed by atoms with Gasteiger partial charge in [0, 0.05) is 19.1 Å². The number of piperidine rings is 1. The van der Waals surface area contributed by atoms with Gasteiger partial charge < -0.3 is 10.2 Å². The van der Waals surface area contributed by atoms with Gasteiger partial charge >= 0.3 is 0 Å². The van der Waals surface area contributed by atoms with E-state index >= 15 is 0 Å². The van der Waals surface area contributed by atoms with E-state index in [1.165, 1.54) is 42.6 Å². The Morgan fingerprint density at radius 3 is 3.14 bits per heavy atom. The molecule has 3 rings (SSSR count). The van der Waals surface area contributed by atoms with Crippen LogP contribution < -0.4 is 5.32 Å². The van der Waals surface area contributed by atoms with Gasteiger partial charge in [0.1, 0.15) is 5.82 Å². The van der Waals surface area contributed by atoms with Gasteiger partial charge in [-0.2, -0.15) is 4.98 Å². The average molecular weight is 291 g/mol. The lowest BCUT2D eigenvalue weighted by Gasteiger charge is -2.33. The number of hydrogen-bond acceptors (Lipinski definition) is 4. The molecule has 6 heteroatoms. The fourth-order valence-corrected chi connectivity index (χ4v) is 2.91. The molecule has 1 unspecified atom stereocenters. The molecule has 2 aromatic heterocycles. The van der Waals surface area contributed by atoms with E-state index in [0.29, 0.717) is 17.6 Å². The number of likely N-dealkylation sites (tertiary alicyclic amines) is 1. The second-order valence-corrected chi connectivity index (χ2v) is 5.75. The summed E-state index contributed by atoms with van der Waals surface area (Å²) in [5, 5.41) is 7.43. The maximum absolute atomic E-state index is 13.1. The van der Waals surface area contributed by atoms with Crippen molar-refractivity contribution in [3.05, 3.63) is 24.1 Å². The number of fused-ring (bicyclic) bond motifs is 1. The van der Waals surface area contributed by atoms with Gasteiger partial charge in [0.2, 0.25) is 5.95 Å². The third-order valence-corrected chi connectivity index (χ3v) is 4.14. The molecule has 1 aliphatic rings. The van der Waals surface area contributed by atoms with Crippen LogP contribution in [0.3, 0.4) is 0 Å². The smallest absolute Gasteiger partial charge is 0.243 e. The topological polar surface area (TPSA) is 45.5 Å². The van der Waals surface area contributed by atoms with E-state index in [2.05, 4.69) is 27.2 Å². The Kier molecular flexibility index (Phi) is 4.34. The summed E-state index contributed by atoms with van der Waals surface area (Å²) in [7, 11) is 0. The van der Waals surface area contributed by atoms with E-state index in [9.17, 15) is 4.39 Å². The minimum atomic E-state index is -0.307. The minimum Gasteiger partial charge on any atom is -0.353 e. The summed E-state index contributed by atoms with van der Waals surface area (Å²) in [4.78, 5) is 6.87. The molecule has 0 spiro atoms. The largest absolute Gasteiger partial charge is 0.353 e. The summed E-state index contributed by atoms with van der Waals surface area (Å²) >= 11 is 0. The molecule has 1 aliphatic heterocycles. The van der Waals surface area contributed by atoms with Gasteiger partial charge in [0.25, 0.3) is 0 Å². The van der Waals surface area contributed by atoms with Gasteiger partial charge in [0.05, 0.1) is 6.20 Å². The predicted octanol–water partition coefficient (Wildman–Crippen LogP) is 2.54. The summed E-state index contributed by atoms with van der Waals surface area (Å²) in [6, 6.07) is 3.73. The lowest BCUT2D eigenvalue weighted by atomic mass is 10.0. The van der Waals surface area contributed by atoms with Gasteiger partial charge in [0.15, 0.2) is 5.65 Å². The molecular formula is C15H22FN5. The second-order valence-electron chi connectivity index (χ2n) is 5.75. The molecule has 1 fully saturated rings. The lowest BCUT2D eigenvalue weighted by Crippen LogP contribution is -2.38. The maximum atomic E-state index is 13.1. The number of pyridine rings is 1. The molecule has 0 radical (unpaired) electrons. The zero-order chi connectivity index (χ0) is 14.7.